The van der Waals surface area contributed by atoms with Crippen molar-refractivity contribution in [2.75, 3.05) is 20.8 Å². The number of nitrogens with zero attached hydrogens (tertiary/aromatic N) is 4. The number of carbonyl (C=O) groups is 4. The number of ether oxygens (including phenoxy) is 4. The Morgan fingerprint density at radius 1 is 0.642 bits per heavy atom. The van der Waals surface area contributed by atoms with Crippen molar-refractivity contribution >= 4 is 24.0 Å². The number of carbonyl (C=O) groups excluding carboxylic acids is 4. The van der Waals surface area contributed by atoms with Gasteiger partial charge in [0.1, 0.15) is 23.7 Å². The van der Waals surface area contributed by atoms with Crippen molar-refractivity contribution in [1.82, 2.24) is 40.4 Å². The molecule has 0 radical (unpaired) electrons. The number of aromatic amines is 2. The van der Waals surface area contributed by atoms with Crippen LogP contribution in [-0.2, 0) is 28.5 Å². The first-order chi connectivity index (χ1) is 32.4. The SMILES string of the molecule is C#C[C@@H]1CC[C@@H](c2ncc(-c3ccc(-c4ccc(-c5cnc([C@@H]6CC[C@@H](C#C)N6C(=O)[C@@H](NC(=O)OC)C6C[C@@H](C)O[C@H](C)C6)[nH]5)cc4)cc3)[nH]2)N1C(=O)[C@@H](NC(=O)OC)C1CCO[C@H](C)C1. The quantitative estimate of drug-likeness (QED) is 0.115. The Hall–Kier alpha value is -6.62. The van der Waals surface area contributed by atoms with Crippen LogP contribution in [0.5, 0.6) is 0 Å². The van der Waals surface area contributed by atoms with Gasteiger partial charge in [0.2, 0.25) is 11.8 Å². The first-order valence-electron chi connectivity index (χ1n) is 23.2. The van der Waals surface area contributed by atoms with Crippen molar-refractivity contribution in [2.24, 2.45) is 11.8 Å². The summed E-state index contributed by atoms with van der Waals surface area (Å²) in [7, 11) is 2.57. The van der Waals surface area contributed by atoms with Gasteiger partial charge in [-0.1, -0.05) is 60.4 Å². The molecule has 4 aliphatic heterocycles. The second-order valence-electron chi connectivity index (χ2n) is 18.2. The molecular weight excluding hydrogens is 853 g/mol. The molecule has 4 saturated heterocycles. The van der Waals surface area contributed by atoms with Crippen molar-refractivity contribution in [3.05, 3.63) is 72.6 Å². The zero-order valence-corrected chi connectivity index (χ0v) is 38.7. The van der Waals surface area contributed by atoms with Crippen LogP contribution >= 0.6 is 0 Å². The Kier molecular flexibility index (Phi) is 14.3. The van der Waals surface area contributed by atoms with E-state index in [9.17, 15) is 19.2 Å². The smallest absolute Gasteiger partial charge is 0.407 e. The molecule has 0 spiro atoms. The number of H-pyrrole nitrogens is 2. The van der Waals surface area contributed by atoms with Crippen LogP contribution in [0.2, 0.25) is 0 Å². The third-order valence-corrected chi connectivity index (χ3v) is 13.9. The van der Waals surface area contributed by atoms with Crippen LogP contribution in [0.1, 0.15) is 95.9 Å². The third-order valence-electron chi connectivity index (χ3n) is 13.9. The fourth-order valence-electron chi connectivity index (χ4n) is 10.6. The number of hydrogen-bond donors (Lipinski definition) is 4. The van der Waals surface area contributed by atoms with E-state index in [4.69, 9.17) is 41.8 Å². The van der Waals surface area contributed by atoms with Crippen LogP contribution in [0.25, 0.3) is 33.6 Å². The first-order valence-corrected chi connectivity index (χ1v) is 23.2. The van der Waals surface area contributed by atoms with Crippen molar-refractivity contribution in [1.29, 1.82) is 0 Å². The third kappa shape index (κ3) is 10.1. The van der Waals surface area contributed by atoms with Crippen LogP contribution in [0.3, 0.4) is 0 Å². The van der Waals surface area contributed by atoms with E-state index >= 15 is 0 Å². The number of aromatic nitrogens is 4. The predicted molar refractivity (Wildman–Crippen MR) is 249 cm³/mol. The van der Waals surface area contributed by atoms with Gasteiger partial charge in [0, 0.05) is 6.61 Å². The average molecular weight is 913 g/mol. The normalized spacial score (nSPS) is 27.0. The van der Waals surface area contributed by atoms with Gasteiger partial charge in [-0.3, -0.25) is 9.59 Å². The highest BCUT2D eigenvalue weighted by molar-refractivity contribution is 5.88. The number of hydrogen-bond acceptors (Lipinski definition) is 10. The summed E-state index contributed by atoms with van der Waals surface area (Å²) in [5, 5.41) is 5.63. The van der Waals surface area contributed by atoms with Gasteiger partial charge < -0.3 is 49.3 Å². The van der Waals surface area contributed by atoms with Crippen LogP contribution in [0.4, 0.5) is 9.59 Å². The van der Waals surface area contributed by atoms with E-state index in [1.807, 2.05) is 45.0 Å². The molecule has 8 rings (SSSR count). The Labute approximate surface area is 391 Å². The number of amides is 4. The Bertz CT molecular complexity index is 2480. The molecule has 10 atom stereocenters. The minimum absolute atomic E-state index is 0.0465. The largest absolute Gasteiger partial charge is 0.453 e. The van der Waals surface area contributed by atoms with Gasteiger partial charge in [0.15, 0.2) is 0 Å². The van der Waals surface area contributed by atoms with Crippen molar-refractivity contribution in [3.63, 3.8) is 0 Å². The van der Waals surface area contributed by atoms with E-state index in [-0.39, 0.29) is 42.0 Å². The summed E-state index contributed by atoms with van der Waals surface area (Å²) >= 11 is 0. The highest BCUT2D eigenvalue weighted by Crippen LogP contribution is 2.40. The van der Waals surface area contributed by atoms with Gasteiger partial charge in [0.05, 0.1) is 80.5 Å². The molecule has 4 aliphatic rings. The Balaban J connectivity index is 0.951. The zero-order chi connectivity index (χ0) is 47.4. The molecule has 16 heteroatoms. The van der Waals surface area contributed by atoms with Gasteiger partial charge in [-0.05, 0) is 106 Å². The lowest BCUT2D eigenvalue weighted by atomic mass is 9.85. The molecule has 2 aromatic heterocycles. The molecule has 2 aromatic carbocycles. The van der Waals surface area contributed by atoms with Gasteiger partial charge in [-0.15, -0.1) is 12.8 Å². The molecule has 16 nitrogen and oxygen atoms in total. The lowest BCUT2D eigenvalue weighted by molar-refractivity contribution is -0.140. The summed E-state index contributed by atoms with van der Waals surface area (Å²) in [4.78, 5) is 73.7. The van der Waals surface area contributed by atoms with Gasteiger partial charge in [-0.2, -0.15) is 0 Å². The molecule has 4 fully saturated rings. The second-order valence-corrected chi connectivity index (χ2v) is 18.2. The lowest BCUT2D eigenvalue weighted by Gasteiger charge is -2.39. The number of rotatable bonds is 11. The molecule has 352 valence electrons. The minimum Gasteiger partial charge on any atom is -0.453 e. The van der Waals surface area contributed by atoms with Crippen molar-refractivity contribution in [3.8, 4) is 58.3 Å². The first kappa shape index (κ1) is 46.9. The highest BCUT2D eigenvalue weighted by atomic mass is 16.5. The predicted octanol–water partition coefficient (Wildman–Crippen LogP) is 6.93. The number of alkyl carbamates (subject to hydrolysis) is 2. The molecule has 0 saturated carbocycles. The Morgan fingerprint density at radius 3 is 1.48 bits per heavy atom. The summed E-state index contributed by atoms with van der Waals surface area (Å²) in [5.41, 5.74) is 5.46. The maximum absolute atomic E-state index is 14.5. The minimum atomic E-state index is -0.836. The maximum Gasteiger partial charge on any atom is 0.407 e. The fraction of sp³-hybridized carbons (Fsp3) is 0.490. The van der Waals surface area contributed by atoms with Gasteiger partial charge in [-0.25, -0.2) is 19.6 Å². The summed E-state index contributed by atoms with van der Waals surface area (Å²) in [6.07, 6.45) is 18.9. The van der Waals surface area contributed by atoms with Crippen LogP contribution in [0, 0.1) is 36.5 Å². The number of benzene rings is 2. The van der Waals surface area contributed by atoms with Crippen LogP contribution in [-0.4, -0.2) is 117 Å². The topological polar surface area (TPSA) is 193 Å². The number of terminal acetylenes is 2. The van der Waals surface area contributed by atoms with Crippen molar-refractivity contribution in [2.45, 2.75) is 127 Å². The summed E-state index contributed by atoms with van der Waals surface area (Å²) in [6, 6.07) is 12.9. The molecule has 67 heavy (non-hydrogen) atoms. The second kappa shape index (κ2) is 20.5. The van der Waals surface area contributed by atoms with Gasteiger partial charge in [0.25, 0.3) is 0 Å². The molecule has 0 bridgehead atoms. The van der Waals surface area contributed by atoms with E-state index in [0.29, 0.717) is 69.6 Å². The van der Waals surface area contributed by atoms with Crippen molar-refractivity contribution < 1.29 is 38.1 Å². The monoisotopic (exact) mass is 912 g/mol. The van der Waals surface area contributed by atoms with E-state index in [1.54, 1.807) is 22.2 Å². The van der Waals surface area contributed by atoms with Crippen LogP contribution < -0.4 is 10.6 Å². The molecule has 4 amide bonds. The zero-order valence-electron chi connectivity index (χ0n) is 38.7. The van der Waals surface area contributed by atoms with Crippen LogP contribution in [0.15, 0.2) is 60.9 Å². The van der Waals surface area contributed by atoms with E-state index in [0.717, 1.165) is 33.6 Å². The highest BCUT2D eigenvalue weighted by Gasteiger charge is 2.46. The molecular formula is C51H60N8O8. The van der Waals surface area contributed by atoms with E-state index < -0.39 is 48.4 Å². The molecule has 1 unspecified atom stereocenters. The summed E-state index contributed by atoms with van der Waals surface area (Å²) in [5.74, 6) is 6.05. The molecule has 0 aliphatic carbocycles. The lowest BCUT2D eigenvalue weighted by Crippen LogP contribution is -2.55. The van der Waals surface area contributed by atoms with E-state index in [2.05, 4.69) is 56.7 Å². The number of likely N-dealkylation sites (tertiary alicyclic amines) is 2. The maximum atomic E-state index is 14.5. The van der Waals surface area contributed by atoms with Gasteiger partial charge >= 0.3 is 12.2 Å². The number of nitrogens with one attached hydrogen (secondary N) is 4. The average Bonchev–Trinajstić information content (AvgIpc) is 4.18. The molecule has 6 heterocycles. The number of methoxy groups -OCH3 is 2. The molecule has 4 aromatic rings. The fourth-order valence-corrected chi connectivity index (χ4v) is 10.6. The number of imidazole rings is 2. The Morgan fingerprint density at radius 2 is 1.06 bits per heavy atom. The molecule has 4 N–H and O–H groups in total. The standard InChI is InChI=1S/C51H60N8O8/c1-8-38-18-20-42(58(38)48(60)44(56-50(62)64-6)36-22-23-66-29(3)24-36)46-52-27-40(54-46)34-14-10-32(11-15-34)33-12-16-35(17-13-33)41-28-53-47(55-41)43-21-19-39(9-2)59(43)49(61)45(57-51(63)65-7)37-25-30(4)67-31(5)26-37/h1-2,10-17,27-31,36-39,42-45H,18-26H2,3-7H3,(H,52,54)(H,53,55)(H,56,62)(H,57,63)/t29-,30-,31-,36?,38-,39-,42+,43+,44+,45+/m1/s1. The van der Waals surface area contributed by atoms with E-state index in [1.165, 1.54) is 14.2 Å². The summed E-state index contributed by atoms with van der Waals surface area (Å²) < 4.78 is 21.5. The summed E-state index contributed by atoms with van der Waals surface area (Å²) in [6.45, 7) is 6.41.